The van der Waals surface area contributed by atoms with Crippen molar-refractivity contribution < 1.29 is 19.4 Å². The van der Waals surface area contributed by atoms with Crippen LogP contribution in [0.2, 0.25) is 0 Å². The van der Waals surface area contributed by atoms with Crippen LogP contribution in [0.4, 0.5) is 10.5 Å². The molecule has 0 bridgehead atoms. The number of carboxylic acid groups (broad SMARTS) is 1. The predicted octanol–water partition coefficient (Wildman–Crippen LogP) is 3.49. The van der Waals surface area contributed by atoms with E-state index in [1.165, 1.54) is 0 Å². The van der Waals surface area contributed by atoms with E-state index in [2.05, 4.69) is 5.32 Å². The summed E-state index contributed by atoms with van der Waals surface area (Å²) in [6, 6.07) is 14.1. The number of hydrogen-bond donors (Lipinski definition) is 2. The number of nitrogens with one attached hydrogen (secondary N) is 1. The lowest BCUT2D eigenvalue weighted by molar-refractivity contribution is 0.0697. The highest BCUT2D eigenvalue weighted by Crippen LogP contribution is 2.23. The second-order valence-corrected chi connectivity index (χ2v) is 6.47. The number of carbonyl (C=O) groups excluding carboxylic acids is 1. The Hall–Kier alpha value is -3.02. The number of likely N-dealkylation sites (tertiary alicyclic amines) is 1. The van der Waals surface area contributed by atoms with Gasteiger partial charge in [0.25, 0.3) is 0 Å². The third-order valence-electron chi connectivity index (χ3n) is 4.62. The van der Waals surface area contributed by atoms with Crippen LogP contribution in [-0.4, -0.2) is 42.2 Å². The molecular formula is C20H22N2O4. The minimum Gasteiger partial charge on any atom is -0.497 e. The molecule has 2 N–H and O–H groups in total. The average Bonchev–Trinajstić information content (AvgIpc) is 3.11. The summed E-state index contributed by atoms with van der Waals surface area (Å²) in [6.07, 6.45) is 1.77. The number of rotatable bonds is 5. The molecule has 26 heavy (non-hydrogen) atoms. The first-order valence-corrected chi connectivity index (χ1v) is 8.57. The average molecular weight is 354 g/mol. The number of anilines is 1. The summed E-state index contributed by atoms with van der Waals surface area (Å²) in [6.45, 7) is 1.41. The van der Waals surface area contributed by atoms with Crippen LogP contribution in [0, 0.1) is 5.92 Å². The summed E-state index contributed by atoms with van der Waals surface area (Å²) in [7, 11) is 1.59. The molecule has 6 heteroatoms. The number of carbonyl (C=O) groups is 2. The van der Waals surface area contributed by atoms with Gasteiger partial charge in [-0.2, -0.15) is 0 Å². The van der Waals surface area contributed by atoms with Gasteiger partial charge in [0.05, 0.1) is 12.7 Å². The van der Waals surface area contributed by atoms with Crippen molar-refractivity contribution in [2.75, 3.05) is 25.5 Å². The second kappa shape index (κ2) is 7.91. The van der Waals surface area contributed by atoms with E-state index in [-0.39, 0.29) is 6.03 Å². The van der Waals surface area contributed by atoms with E-state index in [1.807, 2.05) is 35.2 Å². The van der Waals surface area contributed by atoms with Gasteiger partial charge in [-0.1, -0.05) is 18.2 Å². The summed E-state index contributed by atoms with van der Waals surface area (Å²) < 4.78 is 5.17. The number of aromatic carboxylic acids is 1. The summed E-state index contributed by atoms with van der Waals surface area (Å²) in [5, 5.41) is 11.9. The predicted molar refractivity (Wildman–Crippen MR) is 98.8 cm³/mol. The fraction of sp³-hybridized carbons (Fsp3) is 0.300. The summed E-state index contributed by atoms with van der Waals surface area (Å²) in [5.74, 6) is 0.159. The van der Waals surface area contributed by atoms with Crippen LogP contribution >= 0.6 is 0 Å². The molecular weight excluding hydrogens is 332 g/mol. The van der Waals surface area contributed by atoms with Crippen molar-refractivity contribution in [3.05, 3.63) is 59.7 Å². The molecule has 1 fully saturated rings. The van der Waals surface area contributed by atoms with E-state index < -0.39 is 5.97 Å². The first-order chi connectivity index (χ1) is 12.5. The molecule has 1 aliphatic heterocycles. The van der Waals surface area contributed by atoms with Crippen molar-refractivity contribution in [2.45, 2.75) is 12.8 Å². The van der Waals surface area contributed by atoms with Crippen LogP contribution in [0.1, 0.15) is 22.3 Å². The maximum Gasteiger partial charge on any atom is 0.335 e. The number of urea groups is 1. The van der Waals surface area contributed by atoms with Crippen LogP contribution in [0.3, 0.4) is 0 Å². The zero-order valence-electron chi connectivity index (χ0n) is 14.6. The zero-order chi connectivity index (χ0) is 18.5. The molecule has 1 heterocycles. The van der Waals surface area contributed by atoms with E-state index in [9.17, 15) is 9.59 Å². The molecule has 0 aliphatic carbocycles. The van der Waals surface area contributed by atoms with E-state index in [1.54, 1.807) is 25.3 Å². The SMILES string of the molecule is COc1cccc(NC(=O)N2CCC(Cc3ccc(C(=O)O)cc3)C2)c1. The molecule has 136 valence electrons. The highest BCUT2D eigenvalue weighted by atomic mass is 16.5. The van der Waals surface area contributed by atoms with E-state index in [0.717, 1.165) is 18.4 Å². The third kappa shape index (κ3) is 4.33. The Bertz CT molecular complexity index is 789. The van der Waals surface area contributed by atoms with E-state index in [4.69, 9.17) is 9.84 Å². The van der Waals surface area contributed by atoms with Crippen molar-refractivity contribution in [3.63, 3.8) is 0 Å². The smallest absolute Gasteiger partial charge is 0.335 e. The van der Waals surface area contributed by atoms with Crippen molar-refractivity contribution in [1.29, 1.82) is 0 Å². The minimum absolute atomic E-state index is 0.109. The summed E-state index contributed by atoms with van der Waals surface area (Å²) >= 11 is 0. The van der Waals surface area contributed by atoms with Gasteiger partial charge in [0, 0.05) is 24.8 Å². The van der Waals surface area contributed by atoms with Gasteiger partial charge >= 0.3 is 12.0 Å². The maximum absolute atomic E-state index is 12.4. The molecule has 1 unspecified atom stereocenters. The normalized spacial score (nSPS) is 16.3. The maximum atomic E-state index is 12.4. The van der Waals surface area contributed by atoms with Crippen LogP contribution < -0.4 is 10.1 Å². The fourth-order valence-electron chi connectivity index (χ4n) is 3.20. The molecule has 2 aromatic carbocycles. The van der Waals surface area contributed by atoms with Gasteiger partial charge in [-0.15, -0.1) is 0 Å². The molecule has 0 aromatic heterocycles. The monoisotopic (exact) mass is 354 g/mol. The number of amides is 2. The lowest BCUT2D eigenvalue weighted by atomic mass is 9.98. The first-order valence-electron chi connectivity index (χ1n) is 8.57. The Morgan fingerprint density at radius 2 is 2.00 bits per heavy atom. The van der Waals surface area contributed by atoms with Gasteiger partial charge in [0.2, 0.25) is 0 Å². The molecule has 6 nitrogen and oxygen atoms in total. The molecule has 1 aliphatic rings. The van der Waals surface area contributed by atoms with Gasteiger partial charge in [-0.3, -0.25) is 0 Å². The number of ether oxygens (including phenoxy) is 1. The van der Waals surface area contributed by atoms with Gasteiger partial charge in [0.15, 0.2) is 0 Å². The highest BCUT2D eigenvalue weighted by Gasteiger charge is 2.26. The Morgan fingerprint density at radius 1 is 1.23 bits per heavy atom. The van der Waals surface area contributed by atoms with Crippen molar-refractivity contribution in [3.8, 4) is 5.75 Å². The van der Waals surface area contributed by atoms with Crippen LogP contribution in [-0.2, 0) is 6.42 Å². The summed E-state index contributed by atoms with van der Waals surface area (Å²) in [5.41, 5.74) is 2.09. The molecule has 1 atom stereocenters. The lowest BCUT2D eigenvalue weighted by Crippen LogP contribution is -2.33. The Balaban J connectivity index is 1.54. The lowest BCUT2D eigenvalue weighted by Gasteiger charge is -2.18. The number of nitrogens with zero attached hydrogens (tertiary/aromatic N) is 1. The van der Waals surface area contributed by atoms with Crippen molar-refractivity contribution in [2.24, 2.45) is 5.92 Å². The largest absolute Gasteiger partial charge is 0.497 e. The number of hydrogen-bond acceptors (Lipinski definition) is 3. The van der Waals surface area contributed by atoms with Crippen molar-refractivity contribution in [1.82, 2.24) is 4.90 Å². The summed E-state index contributed by atoms with van der Waals surface area (Å²) in [4.78, 5) is 25.2. The quantitative estimate of drug-likeness (QED) is 0.861. The van der Waals surface area contributed by atoms with Crippen LogP contribution in [0.15, 0.2) is 48.5 Å². The Kier molecular flexibility index (Phi) is 5.41. The van der Waals surface area contributed by atoms with E-state index in [0.29, 0.717) is 36.0 Å². The minimum atomic E-state index is -0.919. The van der Waals surface area contributed by atoms with Gasteiger partial charge in [0.1, 0.15) is 5.75 Å². The molecule has 0 spiro atoms. The molecule has 1 saturated heterocycles. The zero-order valence-corrected chi connectivity index (χ0v) is 14.6. The van der Waals surface area contributed by atoms with Crippen LogP contribution in [0.25, 0.3) is 0 Å². The molecule has 2 amide bonds. The molecule has 0 radical (unpaired) electrons. The number of benzene rings is 2. The third-order valence-corrected chi connectivity index (χ3v) is 4.62. The van der Waals surface area contributed by atoms with Gasteiger partial charge in [-0.25, -0.2) is 9.59 Å². The fourth-order valence-corrected chi connectivity index (χ4v) is 3.20. The van der Waals surface area contributed by atoms with Gasteiger partial charge < -0.3 is 20.1 Å². The Morgan fingerprint density at radius 3 is 2.69 bits per heavy atom. The van der Waals surface area contributed by atoms with E-state index >= 15 is 0 Å². The van der Waals surface area contributed by atoms with Gasteiger partial charge in [-0.05, 0) is 48.6 Å². The van der Waals surface area contributed by atoms with Crippen LogP contribution in [0.5, 0.6) is 5.75 Å². The standard InChI is InChI=1S/C20H22N2O4/c1-26-18-4-2-3-17(12-18)21-20(25)22-10-9-15(13-22)11-14-5-7-16(8-6-14)19(23)24/h2-8,12,15H,9-11,13H2,1H3,(H,21,25)(H,23,24). The Labute approximate surface area is 152 Å². The topological polar surface area (TPSA) is 78.9 Å². The highest BCUT2D eigenvalue weighted by molar-refractivity contribution is 5.89. The molecule has 0 saturated carbocycles. The first kappa shape index (κ1) is 17.8. The molecule has 2 aromatic rings. The number of methoxy groups -OCH3 is 1. The van der Waals surface area contributed by atoms with Crippen molar-refractivity contribution >= 4 is 17.7 Å². The molecule has 3 rings (SSSR count). The second-order valence-electron chi connectivity index (χ2n) is 6.47. The number of carboxylic acids is 1.